The van der Waals surface area contributed by atoms with E-state index in [1.54, 1.807) is 0 Å². The Hall–Kier alpha value is -1.12. The van der Waals surface area contributed by atoms with Crippen LogP contribution in [0.3, 0.4) is 0 Å². The van der Waals surface area contributed by atoms with Gasteiger partial charge in [0.1, 0.15) is 0 Å². The zero-order chi connectivity index (χ0) is 11.9. The molecule has 2 unspecified atom stereocenters. The van der Waals surface area contributed by atoms with Gasteiger partial charge in [0.25, 0.3) is 0 Å². The molecule has 0 aliphatic carbocycles. The van der Waals surface area contributed by atoms with Crippen LogP contribution in [0.1, 0.15) is 18.9 Å². The lowest BCUT2D eigenvalue weighted by atomic mass is 9.97. The minimum absolute atomic E-state index is 0.365. The van der Waals surface area contributed by atoms with Gasteiger partial charge in [-0.1, -0.05) is 49.4 Å². The van der Waals surface area contributed by atoms with Crippen LogP contribution in [0, 0.1) is 5.92 Å². The first-order valence-corrected chi connectivity index (χ1v) is 6.40. The maximum absolute atomic E-state index is 5.87. The predicted molar refractivity (Wildman–Crippen MR) is 71.9 cm³/mol. The van der Waals surface area contributed by atoms with E-state index in [2.05, 4.69) is 36.5 Å². The first kappa shape index (κ1) is 12.3. The molecular formula is C15H21NO. The van der Waals surface area contributed by atoms with Crippen molar-refractivity contribution in [3.63, 3.8) is 0 Å². The van der Waals surface area contributed by atoms with Gasteiger partial charge in [0.05, 0.1) is 12.7 Å². The molecule has 1 aromatic rings. The summed E-state index contributed by atoms with van der Waals surface area (Å²) in [6.07, 6.45) is 5.79. The van der Waals surface area contributed by atoms with Gasteiger partial charge in [-0.15, -0.1) is 0 Å². The molecule has 0 aromatic heterocycles. The number of rotatable bonds is 4. The summed E-state index contributed by atoms with van der Waals surface area (Å²) in [6, 6.07) is 10.3. The zero-order valence-corrected chi connectivity index (χ0v) is 10.4. The molecule has 2 nitrogen and oxygen atoms in total. The van der Waals surface area contributed by atoms with Crippen LogP contribution in [-0.4, -0.2) is 25.8 Å². The lowest BCUT2D eigenvalue weighted by Crippen LogP contribution is -2.41. The van der Waals surface area contributed by atoms with Gasteiger partial charge < -0.3 is 10.1 Å². The summed E-state index contributed by atoms with van der Waals surface area (Å²) in [5, 5.41) is 3.37. The predicted octanol–water partition coefficient (Wildman–Crippen LogP) is 2.71. The van der Waals surface area contributed by atoms with Gasteiger partial charge in [0, 0.05) is 6.54 Å². The van der Waals surface area contributed by atoms with Gasteiger partial charge in [-0.05, 0) is 24.4 Å². The highest BCUT2D eigenvalue weighted by atomic mass is 16.5. The highest BCUT2D eigenvalue weighted by molar-refractivity contribution is 5.48. The van der Waals surface area contributed by atoms with Crippen LogP contribution in [-0.2, 0) is 4.74 Å². The van der Waals surface area contributed by atoms with E-state index >= 15 is 0 Å². The van der Waals surface area contributed by atoms with Crippen LogP contribution < -0.4 is 5.32 Å². The lowest BCUT2D eigenvalue weighted by Gasteiger charge is -2.29. The standard InChI is InChI=1S/C15H21NO/c1-13-9-10-16-12-15(13)17-11-5-8-14-6-3-2-4-7-14/h2-8,13,15-16H,9-12H2,1H3/b8-5+. The molecule has 0 spiro atoms. The van der Waals surface area contributed by atoms with Gasteiger partial charge in [0.15, 0.2) is 0 Å². The third-order valence-electron chi connectivity index (χ3n) is 3.27. The molecule has 1 aliphatic heterocycles. The van der Waals surface area contributed by atoms with E-state index in [0.29, 0.717) is 18.6 Å². The maximum Gasteiger partial charge on any atom is 0.0729 e. The highest BCUT2D eigenvalue weighted by Gasteiger charge is 2.20. The van der Waals surface area contributed by atoms with Crippen molar-refractivity contribution in [3.8, 4) is 0 Å². The Labute approximate surface area is 104 Å². The lowest BCUT2D eigenvalue weighted by molar-refractivity contribution is 0.0201. The van der Waals surface area contributed by atoms with E-state index in [1.807, 2.05) is 18.2 Å². The maximum atomic E-state index is 5.87. The first-order chi connectivity index (χ1) is 8.36. The fraction of sp³-hybridized carbons (Fsp3) is 0.467. The van der Waals surface area contributed by atoms with Crippen LogP contribution >= 0.6 is 0 Å². The zero-order valence-electron chi connectivity index (χ0n) is 10.4. The molecule has 1 heterocycles. The van der Waals surface area contributed by atoms with E-state index in [-0.39, 0.29) is 0 Å². The average molecular weight is 231 g/mol. The Morgan fingerprint density at radius 3 is 2.94 bits per heavy atom. The minimum atomic E-state index is 0.365. The van der Waals surface area contributed by atoms with Crippen LogP contribution in [0.15, 0.2) is 36.4 Å². The summed E-state index contributed by atoms with van der Waals surface area (Å²) in [5.74, 6) is 0.668. The van der Waals surface area contributed by atoms with E-state index < -0.39 is 0 Å². The van der Waals surface area contributed by atoms with Crippen LogP contribution in [0.2, 0.25) is 0 Å². The summed E-state index contributed by atoms with van der Waals surface area (Å²) >= 11 is 0. The van der Waals surface area contributed by atoms with Crippen molar-refractivity contribution < 1.29 is 4.74 Å². The van der Waals surface area contributed by atoms with E-state index in [1.165, 1.54) is 12.0 Å². The van der Waals surface area contributed by atoms with Crippen LogP contribution in [0.25, 0.3) is 6.08 Å². The Morgan fingerprint density at radius 2 is 2.18 bits per heavy atom. The SMILES string of the molecule is CC1CCNCC1OC/C=C/c1ccccc1. The van der Waals surface area contributed by atoms with Gasteiger partial charge in [-0.2, -0.15) is 0 Å². The van der Waals surface area contributed by atoms with Crippen molar-refractivity contribution in [1.29, 1.82) is 0 Å². The molecule has 1 aromatic carbocycles. The fourth-order valence-electron chi connectivity index (χ4n) is 2.11. The topological polar surface area (TPSA) is 21.3 Å². The third-order valence-corrected chi connectivity index (χ3v) is 3.27. The number of hydrogen-bond donors (Lipinski definition) is 1. The second-order valence-electron chi connectivity index (χ2n) is 4.65. The second kappa shape index (κ2) is 6.58. The van der Waals surface area contributed by atoms with Gasteiger partial charge in [-0.3, -0.25) is 0 Å². The van der Waals surface area contributed by atoms with Crippen molar-refractivity contribution in [1.82, 2.24) is 5.32 Å². The molecule has 2 heteroatoms. The molecule has 2 rings (SSSR count). The van der Waals surface area contributed by atoms with Crippen molar-refractivity contribution in [2.45, 2.75) is 19.4 Å². The molecule has 0 amide bonds. The van der Waals surface area contributed by atoms with Gasteiger partial charge in [-0.25, -0.2) is 0 Å². The number of nitrogens with one attached hydrogen (secondary N) is 1. The minimum Gasteiger partial charge on any atom is -0.373 e. The second-order valence-corrected chi connectivity index (χ2v) is 4.65. The molecule has 1 aliphatic rings. The number of hydrogen-bond acceptors (Lipinski definition) is 2. The molecular weight excluding hydrogens is 210 g/mol. The molecule has 0 bridgehead atoms. The quantitative estimate of drug-likeness (QED) is 0.860. The molecule has 0 saturated carbocycles. The van der Waals surface area contributed by atoms with Gasteiger partial charge >= 0.3 is 0 Å². The largest absolute Gasteiger partial charge is 0.373 e. The molecule has 1 fully saturated rings. The number of benzene rings is 1. The van der Waals surface area contributed by atoms with Crippen molar-refractivity contribution in [2.24, 2.45) is 5.92 Å². The Balaban J connectivity index is 1.73. The van der Waals surface area contributed by atoms with E-state index in [9.17, 15) is 0 Å². The summed E-state index contributed by atoms with van der Waals surface area (Å²) in [6.45, 7) is 5.08. The summed E-state index contributed by atoms with van der Waals surface area (Å²) < 4.78 is 5.87. The molecule has 1 N–H and O–H groups in total. The summed E-state index contributed by atoms with van der Waals surface area (Å²) in [5.41, 5.74) is 1.23. The summed E-state index contributed by atoms with van der Waals surface area (Å²) in [7, 11) is 0. The molecule has 17 heavy (non-hydrogen) atoms. The molecule has 0 radical (unpaired) electrons. The Kier molecular flexibility index (Phi) is 4.77. The van der Waals surface area contributed by atoms with Crippen molar-refractivity contribution >= 4 is 6.08 Å². The number of piperidine rings is 1. The number of ether oxygens (including phenoxy) is 1. The smallest absolute Gasteiger partial charge is 0.0729 e. The van der Waals surface area contributed by atoms with Crippen molar-refractivity contribution in [2.75, 3.05) is 19.7 Å². The Morgan fingerprint density at radius 1 is 1.35 bits per heavy atom. The van der Waals surface area contributed by atoms with Gasteiger partial charge in [0.2, 0.25) is 0 Å². The Bertz CT molecular complexity index is 347. The summed E-state index contributed by atoms with van der Waals surface area (Å²) in [4.78, 5) is 0. The van der Waals surface area contributed by atoms with Crippen LogP contribution in [0.5, 0.6) is 0 Å². The van der Waals surface area contributed by atoms with Crippen molar-refractivity contribution in [3.05, 3.63) is 42.0 Å². The third kappa shape index (κ3) is 3.99. The van der Waals surface area contributed by atoms with Crippen LogP contribution in [0.4, 0.5) is 0 Å². The monoisotopic (exact) mass is 231 g/mol. The molecule has 92 valence electrons. The van der Waals surface area contributed by atoms with E-state index in [0.717, 1.165) is 13.1 Å². The molecule has 1 saturated heterocycles. The first-order valence-electron chi connectivity index (χ1n) is 6.40. The fourth-order valence-corrected chi connectivity index (χ4v) is 2.11. The molecule has 2 atom stereocenters. The average Bonchev–Trinajstić information content (AvgIpc) is 2.38. The highest BCUT2D eigenvalue weighted by Crippen LogP contribution is 2.14. The van der Waals surface area contributed by atoms with E-state index in [4.69, 9.17) is 4.74 Å². The normalized spacial score (nSPS) is 25.2.